The van der Waals surface area contributed by atoms with Gasteiger partial charge in [0.05, 0.1) is 0 Å². The van der Waals surface area contributed by atoms with Crippen molar-refractivity contribution in [3.8, 4) is 11.1 Å². The van der Waals surface area contributed by atoms with E-state index in [1.807, 2.05) is 42.6 Å². The number of nitrogens with zero attached hydrogens (tertiary/aromatic N) is 1. The number of nitrogen functional groups attached to an aromatic ring is 1. The van der Waals surface area contributed by atoms with Crippen LogP contribution >= 0.6 is 0 Å². The molecule has 17 heavy (non-hydrogen) atoms. The molecular weight excluding hydrogens is 208 g/mol. The highest BCUT2D eigenvalue weighted by Crippen LogP contribution is 2.30. The Hall–Kier alpha value is -2.35. The number of anilines is 1. The fraction of sp³-hybridized carbons (Fsp3) is 0. The van der Waals surface area contributed by atoms with E-state index in [1.165, 1.54) is 5.39 Å². The average molecular weight is 220 g/mol. The molecule has 0 unspecified atom stereocenters. The quantitative estimate of drug-likeness (QED) is 0.637. The molecule has 2 heteroatoms. The van der Waals surface area contributed by atoms with E-state index in [4.69, 9.17) is 5.73 Å². The first-order valence-electron chi connectivity index (χ1n) is 5.53. The van der Waals surface area contributed by atoms with Crippen LogP contribution in [0.15, 0.2) is 60.9 Å². The molecule has 3 aromatic rings. The molecule has 1 heterocycles. The van der Waals surface area contributed by atoms with E-state index >= 15 is 0 Å². The summed E-state index contributed by atoms with van der Waals surface area (Å²) in [7, 11) is 0. The Morgan fingerprint density at radius 1 is 0.941 bits per heavy atom. The molecular formula is C15H12N2. The lowest BCUT2D eigenvalue weighted by molar-refractivity contribution is 1.33. The lowest BCUT2D eigenvalue weighted by Gasteiger charge is -2.08. The average Bonchev–Trinajstić information content (AvgIpc) is 2.39. The Bertz CT molecular complexity index is 660. The lowest BCUT2D eigenvalue weighted by Crippen LogP contribution is -1.88. The summed E-state index contributed by atoms with van der Waals surface area (Å²) < 4.78 is 0. The Morgan fingerprint density at radius 2 is 1.82 bits per heavy atom. The zero-order valence-electron chi connectivity index (χ0n) is 9.30. The molecule has 0 aliphatic heterocycles. The zero-order chi connectivity index (χ0) is 11.7. The van der Waals surface area contributed by atoms with Gasteiger partial charge in [-0.25, -0.2) is 0 Å². The lowest BCUT2D eigenvalue weighted by atomic mass is 9.99. The third kappa shape index (κ3) is 1.74. The summed E-state index contributed by atoms with van der Waals surface area (Å²) in [5.74, 6) is 0. The fourth-order valence-corrected chi connectivity index (χ4v) is 2.09. The van der Waals surface area contributed by atoms with Crippen molar-refractivity contribution in [3.05, 3.63) is 60.9 Å². The molecule has 0 amide bonds. The van der Waals surface area contributed by atoms with Crippen LogP contribution < -0.4 is 5.73 Å². The van der Waals surface area contributed by atoms with Crippen molar-refractivity contribution in [2.75, 3.05) is 5.73 Å². The van der Waals surface area contributed by atoms with Gasteiger partial charge in [-0.3, -0.25) is 4.98 Å². The van der Waals surface area contributed by atoms with Crippen molar-refractivity contribution in [2.24, 2.45) is 0 Å². The van der Waals surface area contributed by atoms with Gasteiger partial charge in [0.2, 0.25) is 0 Å². The van der Waals surface area contributed by atoms with Crippen LogP contribution in [-0.2, 0) is 0 Å². The summed E-state index contributed by atoms with van der Waals surface area (Å²) in [6.45, 7) is 0. The first-order valence-corrected chi connectivity index (χ1v) is 5.53. The highest BCUT2D eigenvalue weighted by Gasteiger charge is 2.04. The first kappa shape index (κ1) is 9.85. The normalized spacial score (nSPS) is 10.6. The molecule has 2 nitrogen and oxygen atoms in total. The second-order valence-corrected chi connectivity index (χ2v) is 4.03. The topological polar surface area (TPSA) is 38.9 Å². The largest absolute Gasteiger partial charge is 0.399 e. The van der Waals surface area contributed by atoms with E-state index in [-0.39, 0.29) is 0 Å². The molecule has 0 fully saturated rings. The summed E-state index contributed by atoms with van der Waals surface area (Å²) >= 11 is 0. The van der Waals surface area contributed by atoms with Gasteiger partial charge in [0.1, 0.15) is 0 Å². The molecule has 0 spiro atoms. The molecule has 0 aliphatic rings. The van der Waals surface area contributed by atoms with Gasteiger partial charge in [0, 0.05) is 23.6 Å². The predicted molar refractivity (Wildman–Crippen MR) is 71.6 cm³/mol. The molecule has 0 aliphatic carbocycles. The maximum absolute atomic E-state index is 5.94. The van der Waals surface area contributed by atoms with Gasteiger partial charge >= 0.3 is 0 Å². The van der Waals surface area contributed by atoms with Gasteiger partial charge in [0.25, 0.3) is 0 Å². The minimum Gasteiger partial charge on any atom is -0.399 e. The van der Waals surface area contributed by atoms with Crippen LogP contribution in [-0.4, -0.2) is 4.98 Å². The summed E-state index contributed by atoms with van der Waals surface area (Å²) in [6, 6.07) is 16.2. The summed E-state index contributed by atoms with van der Waals surface area (Å²) in [5, 5.41) is 2.36. The number of fused-ring (bicyclic) bond motifs is 1. The van der Waals surface area contributed by atoms with Crippen molar-refractivity contribution in [2.45, 2.75) is 0 Å². The Morgan fingerprint density at radius 3 is 2.65 bits per heavy atom. The summed E-state index contributed by atoms with van der Waals surface area (Å²) in [5.41, 5.74) is 8.95. The third-order valence-corrected chi connectivity index (χ3v) is 2.86. The monoisotopic (exact) mass is 220 g/mol. The molecule has 3 rings (SSSR count). The number of aromatic nitrogens is 1. The van der Waals surface area contributed by atoms with Crippen LogP contribution in [0, 0.1) is 0 Å². The van der Waals surface area contributed by atoms with E-state index in [0.29, 0.717) is 0 Å². The molecule has 82 valence electrons. The van der Waals surface area contributed by atoms with E-state index in [0.717, 1.165) is 22.2 Å². The molecule has 0 bridgehead atoms. The minimum absolute atomic E-state index is 0.780. The Labute approximate surface area is 99.7 Å². The minimum atomic E-state index is 0.780. The standard InChI is InChI=1S/C15H12N2/c16-13-8-11-4-1-2-6-14(11)15(9-13)12-5-3-7-17-10-12/h1-10H,16H2. The number of nitrogens with two attached hydrogens (primary N) is 1. The van der Waals surface area contributed by atoms with E-state index < -0.39 is 0 Å². The number of hydrogen-bond acceptors (Lipinski definition) is 2. The van der Waals surface area contributed by atoms with Crippen LogP contribution in [0.4, 0.5) is 5.69 Å². The van der Waals surface area contributed by atoms with Gasteiger partial charge in [-0.2, -0.15) is 0 Å². The van der Waals surface area contributed by atoms with Crippen LogP contribution in [0.5, 0.6) is 0 Å². The molecule has 0 radical (unpaired) electrons. The van der Waals surface area contributed by atoms with Crippen molar-refractivity contribution in [1.29, 1.82) is 0 Å². The first-order chi connectivity index (χ1) is 8.34. The van der Waals surface area contributed by atoms with Gasteiger partial charge in [-0.1, -0.05) is 30.3 Å². The molecule has 1 aromatic heterocycles. The van der Waals surface area contributed by atoms with Gasteiger partial charge < -0.3 is 5.73 Å². The Balaban J connectivity index is 2.36. The van der Waals surface area contributed by atoms with E-state index in [2.05, 4.69) is 17.1 Å². The summed E-state index contributed by atoms with van der Waals surface area (Å²) in [4.78, 5) is 4.16. The number of rotatable bonds is 1. The summed E-state index contributed by atoms with van der Waals surface area (Å²) in [6.07, 6.45) is 3.64. The maximum Gasteiger partial charge on any atom is 0.0346 e. The second-order valence-electron chi connectivity index (χ2n) is 4.03. The SMILES string of the molecule is Nc1cc(-c2cccnc2)c2ccccc2c1. The van der Waals surface area contributed by atoms with Crippen molar-refractivity contribution < 1.29 is 0 Å². The van der Waals surface area contributed by atoms with Crippen LogP contribution in [0.25, 0.3) is 21.9 Å². The van der Waals surface area contributed by atoms with Crippen LogP contribution in [0.2, 0.25) is 0 Å². The van der Waals surface area contributed by atoms with E-state index in [1.54, 1.807) is 6.20 Å². The number of pyridine rings is 1. The molecule has 2 aromatic carbocycles. The highest BCUT2D eigenvalue weighted by molar-refractivity contribution is 5.98. The highest BCUT2D eigenvalue weighted by atomic mass is 14.6. The smallest absolute Gasteiger partial charge is 0.0346 e. The van der Waals surface area contributed by atoms with Gasteiger partial charge in [0.15, 0.2) is 0 Å². The molecule has 0 atom stereocenters. The maximum atomic E-state index is 5.94. The van der Waals surface area contributed by atoms with E-state index in [9.17, 15) is 0 Å². The second kappa shape index (κ2) is 3.91. The number of benzene rings is 2. The molecule has 2 N–H and O–H groups in total. The predicted octanol–water partition coefficient (Wildman–Crippen LogP) is 3.48. The molecule has 0 saturated carbocycles. The van der Waals surface area contributed by atoms with Crippen LogP contribution in [0.3, 0.4) is 0 Å². The van der Waals surface area contributed by atoms with Gasteiger partial charge in [-0.05, 0) is 34.5 Å². The van der Waals surface area contributed by atoms with Crippen molar-refractivity contribution >= 4 is 16.5 Å². The van der Waals surface area contributed by atoms with Crippen molar-refractivity contribution in [1.82, 2.24) is 4.98 Å². The third-order valence-electron chi connectivity index (χ3n) is 2.86. The zero-order valence-corrected chi connectivity index (χ0v) is 9.30. The fourth-order valence-electron chi connectivity index (χ4n) is 2.09. The van der Waals surface area contributed by atoms with Crippen molar-refractivity contribution in [3.63, 3.8) is 0 Å². The van der Waals surface area contributed by atoms with Crippen LogP contribution in [0.1, 0.15) is 0 Å². The van der Waals surface area contributed by atoms with Gasteiger partial charge in [-0.15, -0.1) is 0 Å². The number of hydrogen-bond donors (Lipinski definition) is 1. The Kier molecular flexibility index (Phi) is 2.26. The molecule has 0 saturated heterocycles.